The summed E-state index contributed by atoms with van der Waals surface area (Å²) >= 11 is 0. The van der Waals surface area contributed by atoms with E-state index in [2.05, 4.69) is 4.98 Å². The smallest absolute Gasteiger partial charge is 0.320 e. The van der Waals surface area contributed by atoms with Gasteiger partial charge in [-0.25, -0.2) is 4.98 Å². The van der Waals surface area contributed by atoms with Gasteiger partial charge in [0.25, 0.3) is 0 Å². The molecule has 1 aromatic heterocycles. The summed E-state index contributed by atoms with van der Waals surface area (Å²) in [6.45, 7) is 0. The standard InChI is InChI=1S/C9H13N3O2/c10-7(9(13)14)3-1-6-2-4-8(11)12-5-6/h2,4-5,7H,1,3,10H2,(H2,11,12)(H,13,14)/t7-/m1/s1. The lowest BCUT2D eigenvalue weighted by Crippen LogP contribution is -2.30. The molecule has 0 aliphatic rings. The predicted molar refractivity (Wildman–Crippen MR) is 52.6 cm³/mol. The van der Waals surface area contributed by atoms with Crippen molar-refractivity contribution >= 4 is 11.8 Å². The largest absolute Gasteiger partial charge is 0.480 e. The third-order valence-electron chi connectivity index (χ3n) is 1.91. The summed E-state index contributed by atoms with van der Waals surface area (Å²) in [7, 11) is 0. The lowest BCUT2D eigenvalue weighted by Gasteiger charge is -2.05. The number of anilines is 1. The van der Waals surface area contributed by atoms with Gasteiger partial charge in [-0.3, -0.25) is 4.79 Å². The van der Waals surface area contributed by atoms with E-state index in [0.717, 1.165) is 5.56 Å². The minimum absolute atomic E-state index is 0.404. The van der Waals surface area contributed by atoms with Crippen LogP contribution in [0.3, 0.4) is 0 Å². The zero-order valence-electron chi connectivity index (χ0n) is 7.68. The van der Waals surface area contributed by atoms with Gasteiger partial charge in [0.1, 0.15) is 11.9 Å². The summed E-state index contributed by atoms with van der Waals surface area (Å²) in [5.41, 5.74) is 11.7. The first-order valence-corrected chi connectivity index (χ1v) is 4.28. The summed E-state index contributed by atoms with van der Waals surface area (Å²) in [5, 5.41) is 8.54. The van der Waals surface area contributed by atoms with Gasteiger partial charge in [0.2, 0.25) is 0 Å². The Hall–Kier alpha value is -1.62. The molecule has 76 valence electrons. The molecule has 1 aromatic rings. The zero-order chi connectivity index (χ0) is 10.6. The second-order valence-electron chi connectivity index (χ2n) is 3.07. The van der Waals surface area contributed by atoms with Gasteiger partial charge in [0, 0.05) is 6.20 Å². The van der Waals surface area contributed by atoms with Gasteiger partial charge in [-0.05, 0) is 24.5 Å². The zero-order valence-corrected chi connectivity index (χ0v) is 7.68. The van der Waals surface area contributed by atoms with Crippen LogP contribution in [-0.2, 0) is 11.2 Å². The number of pyridine rings is 1. The van der Waals surface area contributed by atoms with Crippen LogP contribution in [0.25, 0.3) is 0 Å². The van der Waals surface area contributed by atoms with E-state index in [1.807, 2.05) is 6.07 Å². The maximum atomic E-state index is 10.4. The van der Waals surface area contributed by atoms with Crippen molar-refractivity contribution in [2.45, 2.75) is 18.9 Å². The summed E-state index contributed by atoms with van der Waals surface area (Å²) in [5.74, 6) is -0.523. The molecule has 0 aliphatic carbocycles. The molecule has 0 aromatic carbocycles. The lowest BCUT2D eigenvalue weighted by molar-refractivity contribution is -0.138. The first-order chi connectivity index (χ1) is 6.59. The second-order valence-corrected chi connectivity index (χ2v) is 3.07. The molecule has 0 spiro atoms. The molecular formula is C9H13N3O2. The maximum absolute atomic E-state index is 10.4. The van der Waals surface area contributed by atoms with Crippen LogP contribution in [0.2, 0.25) is 0 Å². The Morgan fingerprint density at radius 1 is 1.57 bits per heavy atom. The van der Waals surface area contributed by atoms with E-state index in [1.165, 1.54) is 0 Å². The van der Waals surface area contributed by atoms with Crippen LogP contribution in [0.15, 0.2) is 18.3 Å². The van der Waals surface area contributed by atoms with Crippen LogP contribution in [0.4, 0.5) is 5.82 Å². The number of carboxylic acid groups (broad SMARTS) is 1. The maximum Gasteiger partial charge on any atom is 0.320 e. The summed E-state index contributed by atoms with van der Waals surface area (Å²) in [6.07, 6.45) is 2.63. The third-order valence-corrected chi connectivity index (χ3v) is 1.91. The van der Waals surface area contributed by atoms with Crippen molar-refractivity contribution in [1.29, 1.82) is 0 Å². The summed E-state index contributed by atoms with van der Waals surface area (Å²) < 4.78 is 0. The van der Waals surface area contributed by atoms with Crippen molar-refractivity contribution in [3.05, 3.63) is 23.9 Å². The molecule has 0 saturated carbocycles. The van der Waals surface area contributed by atoms with E-state index < -0.39 is 12.0 Å². The van der Waals surface area contributed by atoms with E-state index in [4.69, 9.17) is 16.6 Å². The minimum Gasteiger partial charge on any atom is -0.480 e. The van der Waals surface area contributed by atoms with Crippen LogP contribution in [0.1, 0.15) is 12.0 Å². The van der Waals surface area contributed by atoms with Crippen molar-refractivity contribution in [3.8, 4) is 0 Å². The molecule has 0 bridgehead atoms. The van der Waals surface area contributed by atoms with Gasteiger partial charge in [-0.1, -0.05) is 6.07 Å². The van der Waals surface area contributed by atoms with Crippen molar-refractivity contribution in [1.82, 2.24) is 4.98 Å². The molecule has 5 heteroatoms. The van der Waals surface area contributed by atoms with Gasteiger partial charge in [-0.2, -0.15) is 0 Å². The van der Waals surface area contributed by atoms with E-state index in [9.17, 15) is 4.79 Å². The van der Waals surface area contributed by atoms with E-state index in [0.29, 0.717) is 18.7 Å². The molecule has 0 amide bonds. The molecule has 14 heavy (non-hydrogen) atoms. The first kappa shape index (κ1) is 10.5. The number of aromatic nitrogens is 1. The van der Waals surface area contributed by atoms with E-state index in [1.54, 1.807) is 12.3 Å². The summed E-state index contributed by atoms with van der Waals surface area (Å²) in [4.78, 5) is 14.3. The van der Waals surface area contributed by atoms with Crippen LogP contribution in [0.5, 0.6) is 0 Å². The van der Waals surface area contributed by atoms with Gasteiger partial charge >= 0.3 is 5.97 Å². The third kappa shape index (κ3) is 3.02. The fourth-order valence-corrected chi connectivity index (χ4v) is 1.03. The molecule has 1 atom stereocenters. The Balaban J connectivity index is 2.46. The molecule has 0 unspecified atom stereocenters. The van der Waals surface area contributed by atoms with Crippen LogP contribution in [-0.4, -0.2) is 22.1 Å². The number of aryl methyl sites for hydroxylation is 1. The molecule has 5 N–H and O–H groups in total. The van der Waals surface area contributed by atoms with Gasteiger partial charge in [0.15, 0.2) is 0 Å². The van der Waals surface area contributed by atoms with E-state index in [-0.39, 0.29) is 0 Å². The molecule has 0 saturated heterocycles. The van der Waals surface area contributed by atoms with Crippen LogP contribution < -0.4 is 11.5 Å². The number of nitrogen functional groups attached to an aromatic ring is 1. The number of carboxylic acids is 1. The van der Waals surface area contributed by atoms with Crippen LogP contribution in [0, 0.1) is 0 Å². The molecule has 1 heterocycles. The van der Waals surface area contributed by atoms with Crippen molar-refractivity contribution in [2.75, 3.05) is 5.73 Å². The van der Waals surface area contributed by atoms with Crippen molar-refractivity contribution in [3.63, 3.8) is 0 Å². The fourth-order valence-electron chi connectivity index (χ4n) is 1.03. The van der Waals surface area contributed by atoms with Crippen LogP contribution >= 0.6 is 0 Å². The van der Waals surface area contributed by atoms with Crippen molar-refractivity contribution < 1.29 is 9.90 Å². The van der Waals surface area contributed by atoms with Gasteiger partial charge in [-0.15, -0.1) is 0 Å². The Labute approximate surface area is 81.7 Å². The number of hydrogen-bond donors (Lipinski definition) is 3. The highest BCUT2D eigenvalue weighted by atomic mass is 16.4. The number of hydrogen-bond acceptors (Lipinski definition) is 4. The Morgan fingerprint density at radius 2 is 2.29 bits per heavy atom. The summed E-state index contributed by atoms with van der Waals surface area (Å²) in [6, 6.07) is 2.69. The van der Waals surface area contributed by atoms with Gasteiger partial charge < -0.3 is 16.6 Å². The Bertz CT molecular complexity index is 310. The highest BCUT2D eigenvalue weighted by Crippen LogP contribution is 2.05. The molecule has 0 fully saturated rings. The fraction of sp³-hybridized carbons (Fsp3) is 0.333. The topological polar surface area (TPSA) is 102 Å². The number of nitrogens with two attached hydrogens (primary N) is 2. The monoisotopic (exact) mass is 195 g/mol. The quantitative estimate of drug-likeness (QED) is 0.628. The second kappa shape index (κ2) is 4.57. The van der Waals surface area contributed by atoms with Crippen molar-refractivity contribution in [2.24, 2.45) is 5.73 Å². The SMILES string of the molecule is Nc1ccc(CC[C@@H](N)C(=O)O)cn1. The minimum atomic E-state index is -0.978. The number of aliphatic carboxylic acids is 1. The van der Waals surface area contributed by atoms with E-state index >= 15 is 0 Å². The predicted octanol–water partition coefficient (Wildman–Crippen LogP) is 0.00830. The molecule has 1 rings (SSSR count). The molecule has 0 aliphatic heterocycles. The molecule has 5 nitrogen and oxygen atoms in total. The highest BCUT2D eigenvalue weighted by Gasteiger charge is 2.10. The number of nitrogens with zero attached hydrogens (tertiary/aromatic N) is 1. The Morgan fingerprint density at radius 3 is 2.79 bits per heavy atom. The Kier molecular flexibility index (Phi) is 3.41. The molecular weight excluding hydrogens is 182 g/mol. The molecule has 0 radical (unpaired) electrons. The lowest BCUT2D eigenvalue weighted by atomic mass is 10.1. The number of rotatable bonds is 4. The highest BCUT2D eigenvalue weighted by molar-refractivity contribution is 5.73. The average Bonchev–Trinajstić information content (AvgIpc) is 2.16. The average molecular weight is 195 g/mol. The first-order valence-electron chi connectivity index (χ1n) is 4.28. The van der Waals surface area contributed by atoms with Gasteiger partial charge in [0.05, 0.1) is 0 Å². The normalized spacial score (nSPS) is 12.4. The number of carbonyl (C=O) groups is 1.